The number of thioether (sulfide) groups is 1. The van der Waals surface area contributed by atoms with Crippen molar-refractivity contribution in [3.05, 3.63) is 72.3 Å². The van der Waals surface area contributed by atoms with Crippen molar-refractivity contribution in [2.45, 2.75) is 19.0 Å². The predicted octanol–water partition coefficient (Wildman–Crippen LogP) is 4.11. The summed E-state index contributed by atoms with van der Waals surface area (Å²) in [6.45, 7) is 4.41. The number of aromatic nitrogens is 3. The zero-order valence-corrected chi connectivity index (χ0v) is 19.7. The highest BCUT2D eigenvalue weighted by atomic mass is 32.2. The van der Waals surface area contributed by atoms with Crippen LogP contribution in [0.5, 0.6) is 5.75 Å². The topological polar surface area (TPSA) is 119 Å². The van der Waals surface area contributed by atoms with Crippen molar-refractivity contribution in [2.75, 3.05) is 28.9 Å². The molecule has 0 saturated carbocycles. The third-order valence-electron chi connectivity index (χ3n) is 4.94. The molecule has 0 aliphatic carbocycles. The van der Waals surface area contributed by atoms with Crippen molar-refractivity contribution < 1.29 is 9.53 Å². The third kappa shape index (κ3) is 5.65. The second-order valence-electron chi connectivity index (χ2n) is 7.34. The monoisotopic (exact) mass is 475 g/mol. The van der Waals surface area contributed by atoms with Crippen LogP contribution in [-0.2, 0) is 4.79 Å². The molecule has 1 aromatic heterocycles. The van der Waals surface area contributed by atoms with Gasteiger partial charge < -0.3 is 15.9 Å². The van der Waals surface area contributed by atoms with Crippen LogP contribution in [0.1, 0.15) is 19.4 Å². The van der Waals surface area contributed by atoms with Gasteiger partial charge in [-0.3, -0.25) is 4.79 Å². The highest BCUT2D eigenvalue weighted by Crippen LogP contribution is 2.20. The first kappa shape index (κ1) is 23.1. The van der Waals surface area contributed by atoms with Crippen LogP contribution < -0.4 is 21.3 Å². The van der Waals surface area contributed by atoms with E-state index in [-0.39, 0.29) is 17.6 Å². The second-order valence-corrected chi connectivity index (χ2v) is 8.28. The van der Waals surface area contributed by atoms with E-state index >= 15 is 0 Å². The van der Waals surface area contributed by atoms with E-state index in [4.69, 9.17) is 10.6 Å². The van der Waals surface area contributed by atoms with Crippen molar-refractivity contribution in [3.8, 4) is 5.75 Å². The summed E-state index contributed by atoms with van der Waals surface area (Å²) in [6, 6.07) is 21.5. The minimum atomic E-state index is -0.183. The normalized spacial score (nSPS) is 11.4. The molecular formula is C24H25N7O2S. The van der Waals surface area contributed by atoms with Gasteiger partial charge in [0.15, 0.2) is 0 Å². The lowest BCUT2D eigenvalue weighted by molar-refractivity contribution is -0.113. The Hall–Kier alpha value is -4.05. The van der Waals surface area contributed by atoms with Gasteiger partial charge >= 0.3 is 0 Å². The highest BCUT2D eigenvalue weighted by Gasteiger charge is 2.12. The number of hydrogen-bond donors (Lipinski definition) is 3. The van der Waals surface area contributed by atoms with Gasteiger partial charge in [-0.2, -0.15) is 5.10 Å². The van der Waals surface area contributed by atoms with Gasteiger partial charge in [-0.15, -0.1) is 10.2 Å². The average Bonchev–Trinajstić information content (AvgIpc) is 3.21. The summed E-state index contributed by atoms with van der Waals surface area (Å²) in [5.74, 6) is 7.05. The molecule has 0 radical (unpaired) electrons. The van der Waals surface area contributed by atoms with Gasteiger partial charge in [0.1, 0.15) is 5.75 Å². The molecule has 0 saturated heterocycles. The van der Waals surface area contributed by atoms with Crippen LogP contribution in [0, 0.1) is 0 Å². The maximum Gasteiger partial charge on any atom is 0.264 e. The summed E-state index contributed by atoms with van der Waals surface area (Å²) >= 11 is 1.18. The lowest BCUT2D eigenvalue weighted by Crippen LogP contribution is -2.17. The average molecular weight is 476 g/mol. The van der Waals surface area contributed by atoms with Gasteiger partial charge in [0.25, 0.3) is 5.95 Å². The van der Waals surface area contributed by atoms with Gasteiger partial charge in [0.05, 0.1) is 18.1 Å². The Labute approximate surface area is 201 Å². The van der Waals surface area contributed by atoms with E-state index in [0.717, 1.165) is 22.4 Å². The number of anilines is 2. The zero-order valence-electron chi connectivity index (χ0n) is 18.9. The Morgan fingerprint density at radius 2 is 1.85 bits per heavy atom. The minimum Gasteiger partial charge on any atom is -0.494 e. The summed E-state index contributed by atoms with van der Waals surface area (Å²) in [5, 5.41) is 18.0. The fourth-order valence-corrected chi connectivity index (χ4v) is 3.85. The molecule has 174 valence electrons. The lowest BCUT2D eigenvalue weighted by atomic mass is 10.0. The number of carbonyl (C=O) groups is 1. The molecule has 34 heavy (non-hydrogen) atoms. The molecule has 0 atom stereocenters. The van der Waals surface area contributed by atoms with Crippen LogP contribution in [0.25, 0.3) is 10.8 Å². The van der Waals surface area contributed by atoms with E-state index in [0.29, 0.717) is 17.5 Å². The van der Waals surface area contributed by atoms with Gasteiger partial charge in [-0.25, -0.2) is 10.1 Å². The summed E-state index contributed by atoms with van der Waals surface area (Å²) in [6.07, 6.45) is 0. The van der Waals surface area contributed by atoms with E-state index in [1.54, 1.807) is 24.3 Å². The fraction of sp³-hybridized carbons (Fsp3) is 0.167. The Morgan fingerprint density at radius 3 is 2.62 bits per heavy atom. The van der Waals surface area contributed by atoms with E-state index in [1.165, 1.54) is 21.8 Å². The van der Waals surface area contributed by atoms with E-state index in [2.05, 4.69) is 50.3 Å². The Balaban J connectivity index is 1.33. The first-order valence-electron chi connectivity index (χ1n) is 10.7. The Kier molecular flexibility index (Phi) is 7.28. The summed E-state index contributed by atoms with van der Waals surface area (Å²) in [5.41, 5.74) is 5.29. The molecule has 4 N–H and O–H groups in total. The van der Waals surface area contributed by atoms with Crippen LogP contribution in [0.4, 0.5) is 11.6 Å². The first-order chi connectivity index (χ1) is 16.5. The zero-order chi connectivity index (χ0) is 23.9. The predicted molar refractivity (Wildman–Crippen MR) is 137 cm³/mol. The maximum atomic E-state index is 12.3. The summed E-state index contributed by atoms with van der Waals surface area (Å²) < 4.78 is 6.67. The minimum absolute atomic E-state index is 0.127. The van der Waals surface area contributed by atoms with Crippen molar-refractivity contribution in [1.82, 2.24) is 14.9 Å². The maximum absolute atomic E-state index is 12.3. The number of nitrogen functional groups attached to an aromatic ring is 1. The number of amides is 1. The molecule has 4 rings (SSSR count). The third-order valence-corrected chi connectivity index (χ3v) is 5.88. The van der Waals surface area contributed by atoms with Crippen LogP contribution in [0.3, 0.4) is 0 Å². The Morgan fingerprint density at radius 1 is 1.09 bits per heavy atom. The molecule has 1 heterocycles. The first-order valence-corrected chi connectivity index (χ1v) is 11.7. The molecule has 0 fully saturated rings. The van der Waals surface area contributed by atoms with Gasteiger partial charge in [-0.05, 0) is 60.5 Å². The molecule has 0 bridgehead atoms. The standard InChI is InChI=1S/C24H25N7O2S/c1-3-33-21-12-10-20(11-13-21)26-22(32)15-34-24-30-29-23(31(24)25)28-27-16(2)18-9-8-17-6-4-5-7-19(17)14-18/h4-14H,3,15,25H2,1-2H3,(H,26,32)(H,28,29)/b27-16+. The molecule has 0 spiro atoms. The smallest absolute Gasteiger partial charge is 0.264 e. The summed E-state index contributed by atoms with van der Waals surface area (Å²) in [4.78, 5) is 12.3. The SMILES string of the molecule is CCOc1ccc(NC(=O)CSc2nnc(N/N=C(\C)c3ccc4ccccc4c3)n2N)cc1. The number of rotatable bonds is 9. The highest BCUT2D eigenvalue weighted by molar-refractivity contribution is 7.99. The van der Waals surface area contributed by atoms with Crippen molar-refractivity contribution in [2.24, 2.45) is 5.10 Å². The van der Waals surface area contributed by atoms with Gasteiger partial charge in [-0.1, -0.05) is 48.2 Å². The summed E-state index contributed by atoms with van der Waals surface area (Å²) in [7, 11) is 0. The second kappa shape index (κ2) is 10.7. The van der Waals surface area contributed by atoms with Crippen LogP contribution in [0.15, 0.2) is 77.0 Å². The lowest BCUT2D eigenvalue weighted by Gasteiger charge is -2.07. The van der Waals surface area contributed by atoms with E-state index in [1.807, 2.05) is 32.0 Å². The number of carbonyl (C=O) groups excluding carboxylic acids is 1. The quantitative estimate of drug-likeness (QED) is 0.144. The number of benzene rings is 3. The molecule has 0 aliphatic heterocycles. The van der Waals surface area contributed by atoms with E-state index in [9.17, 15) is 4.79 Å². The largest absolute Gasteiger partial charge is 0.494 e. The molecule has 4 aromatic rings. The van der Waals surface area contributed by atoms with Crippen LogP contribution in [-0.4, -0.2) is 38.9 Å². The van der Waals surface area contributed by atoms with E-state index < -0.39 is 0 Å². The van der Waals surface area contributed by atoms with Crippen molar-refractivity contribution in [3.63, 3.8) is 0 Å². The van der Waals surface area contributed by atoms with Crippen molar-refractivity contribution >= 4 is 45.8 Å². The van der Waals surface area contributed by atoms with Gasteiger partial charge in [0.2, 0.25) is 11.1 Å². The molecular weight excluding hydrogens is 450 g/mol. The number of nitrogens with zero attached hydrogens (tertiary/aromatic N) is 4. The number of nitrogens with one attached hydrogen (secondary N) is 2. The molecule has 3 aromatic carbocycles. The molecule has 1 amide bonds. The van der Waals surface area contributed by atoms with Crippen LogP contribution in [0.2, 0.25) is 0 Å². The number of ether oxygens (including phenoxy) is 1. The molecule has 10 heteroatoms. The van der Waals surface area contributed by atoms with Crippen molar-refractivity contribution in [1.29, 1.82) is 0 Å². The molecule has 9 nitrogen and oxygen atoms in total. The number of fused-ring (bicyclic) bond motifs is 1. The number of hydrogen-bond acceptors (Lipinski definition) is 8. The fourth-order valence-electron chi connectivity index (χ4n) is 3.19. The number of hydrazone groups is 1. The molecule has 0 unspecified atom stereocenters. The number of nitrogens with two attached hydrogens (primary N) is 1. The Bertz CT molecular complexity index is 1320. The van der Waals surface area contributed by atoms with Gasteiger partial charge in [0, 0.05) is 5.69 Å². The van der Waals surface area contributed by atoms with Crippen LogP contribution >= 0.6 is 11.8 Å². The molecule has 0 aliphatic rings.